The van der Waals surface area contributed by atoms with E-state index in [1.54, 1.807) is 18.5 Å². The number of hydrazine groups is 1. The summed E-state index contributed by atoms with van der Waals surface area (Å²) in [6, 6.07) is 4.57. The van der Waals surface area contributed by atoms with E-state index in [2.05, 4.69) is 20.5 Å². The zero-order chi connectivity index (χ0) is 27.4. The minimum Gasteiger partial charge on any atom is -0.490 e. The molecule has 4 heterocycles. The molecular formula is C26H33F2N9O2. The molecule has 1 unspecified atom stereocenters. The van der Waals surface area contributed by atoms with Gasteiger partial charge in [-0.15, -0.1) is 0 Å². The van der Waals surface area contributed by atoms with Crippen LogP contribution in [0.2, 0.25) is 0 Å². The SMILES string of the molecule is N/N=C(/c1cc(-c2cnn(C3CCOCC3)c2)cnc1N)N(N)c1ccc(OCCC2CCNC2)c(F)c1F. The van der Waals surface area contributed by atoms with E-state index >= 15 is 4.39 Å². The number of amidine groups is 1. The molecule has 13 heteroatoms. The van der Waals surface area contributed by atoms with Gasteiger partial charge in [-0.2, -0.15) is 14.6 Å². The summed E-state index contributed by atoms with van der Waals surface area (Å²) in [5, 5.41) is 12.3. The molecule has 2 aliphatic rings. The Labute approximate surface area is 224 Å². The number of aromatic nitrogens is 3. The molecule has 2 fully saturated rings. The van der Waals surface area contributed by atoms with Crippen LogP contribution in [0.15, 0.2) is 41.9 Å². The van der Waals surface area contributed by atoms with Gasteiger partial charge < -0.3 is 26.4 Å². The van der Waals surface area contributed by atoms with Crippen molar-refractivity contribution in [1.29, 1.82) is 0 Å². The van der Waals surface area contributed by atoms with E-state index in [0.717, 1.165) is 49.3 Å². The first-order valence-electron chi connectivity index (χ1n) is 13.0. The molecule has 2 aromatic heterocycles. The maximum absolute atomic E-state index is 15.1. The van der Waals surface area contributed by atoms with Gasteiger partial charge in [-0.3, -0.25) is 9.69 Å². The van der Waals surface area contributed by atoms with Crippen molar-refractivity contribution >= 4 is 17.3 Å². The summed E-state index contributed by atoms with van der Waals surface area (Å²) in [4.78, 5) is 4.25. The number of ether oxygens (including phenoxy) is 2. The lowest BCUT2D eigenvalue weighted by Crippen LogP contribution is -2.40. The highest BCUT2D eigenvalue weighted by atomic mass is 19.2. The predicted molar refractivity (Wildman–Crippen MR) is 144 cm³/mol. The van der Waals surface area contributed by atoms with Crippen molar-refractivity contribution in [3.05, 3.63) is 54.0 Å². The molecular weight excluding hydrogens is 508 g/mol. The molecule has 0 bridgehead atoms. The van der Waals surface area contributed by atoms with Crippen molar-refractivity contribution in [3.8, 4) is 16.9 Å². The van der Waals surface area contributed by atoms with Gasteiger partial charge in [-0.25, -0.2) is 15.2 Å². The maximum atomic E-state index is 15.1. The number of nitrogen functional groups attached to an aromatic ring is 1. The third-order valence-corrected chi connectivity index (χ3v) is 7.24. The number of pyridine rings is 1. The van der Waals surface area contributed by atoms with Gasteiger partial charge in [-0.05, 0) is 62.9 Å². The van der Waals surface area contributed by atoms with E-state index in [-0.39, 0.29) is 41.3 Å². The zero-order valence-electron chi connectivity index (χ0n) is 21.5. The summed E-state index contributed by atoms with van der Waals surface area (Å²) in [6.07, 6.45) is 8.78. The second kappa shape index (κ2) is 11.9. The van der Waals surface area contributed by atoms with Gasteiger partial charge in [0.1, 0.15) is 5.82 Å². The van der Waals surface area contributed by atoms with Gasteiger partial charge >= 0.3 is 0 Å². The van der Waals surface area contributed by atoms with Crippen LogP contribution < -0.4 is 32.5 Å². The number of hydrogen-bond acceptors (Lipinski definition) is 9. The number of rotatable bonds is 8. The number of nitrogens with two attached hydrogens (primary N) is 3. The normalized spacial score (nSPS) is 18.4. The summed E-state index contributed by atoms with van der Waals surface area (Å²) in [7, 11) is 0. The van der Waals surface area contributed by atoms with Crippen LogP contribution >= 0.6 is 0 Å². The van der Waals surface area contributed by atoms with Crippen molar-refractivity contribution in [2.45, 2.75) is 31.7 Å². The van der Waals surface area contributed by atoms with Crippen molar-refractivity contribution in [2.75, 3.05) is 43.7 Å². The van der Waals surface area contributed by atoms with Crippen molar-refractivity contribution in [2.24, 2.45) is 22.7 Å². The number of hydrogen-bond donors (Lipinski definition) is 4. The maximum Gasteiger partial charge on any atom is 0.202 e. The van der Waals surface area contributed by atoms with Crippen LogP contribution in [0.3, 0.4) is 0 Å². The highest BCUT2D eigenvalue weighted by molar-refractivity contribution is 6.12. The van der Waals surface area contributed by atoms with Crippen LogP contribution in [0.25, 0.3) is 11.1 Å². The highest BCUT2D eigenvalue weighted by Crippen LogP contribution is 2.31. The number of halogens is 2. The van der Waals surface area contributed by atoms with Crippen molar-refractivity contribution < 1.29 is 18.3 Å². The van der Waals surface area contributed by atoms with E-state index in [1.165, 1.54) is 12.1 Å². The Hall–Kier alpha value is -3.81. The van der Waals surface area contributed by atoms with Gasteiger partial charge in [-0.1, -0.05) is 0 Å². The number of benzene rings is 1. The predicted octanol–water partition coefficient (Wildman–Crippen LogP) is 2.54. The minimum atomic E-state index is -1.20. The molecule has 0 spiro atoms. The summed E-state index contributed by atoms with van der Waals surface area (Å²) in [5.74, 6) is 9.76. The van der Waals surface area contributed by atoms with E-state index < -0.39 is 11.6 Å². The van der Waals surface area contributed by atoms with Crippen LogP contribution in [0, 0.1) is 17.6 Å². The molecule has 39 heavy (non-hydrogen) atoms. The van der Waals surface area contributed by atoms with Crippen molar-refractivity contribution in [3.63, 3.8) is 0 Å². The van der Waals surface area contributed by atoms with E-state index in [4.69, 9.17) is 26.9 Å². The second-order valence-corrected chi connectivity index (χ2v) is 9.74. The smallest absolute Gasteiger partial charge is 0.202 e. The molecule has 3 aromatic rings. The van der Waals surface area contributed by atoms with Crippen molar-refractivity contribution in [1.82, 2.24) is 20.1 Å². The monoisotopic (exact) mass is 541 g/mol. The molecule has 2 saturated heterocycles. The number of nitrogens with zero attached hydrogens (tertiary/aromatic N) is 5. The summed E-state index contributed by atoms with van der Waals surface area (Å²) in [6.45, 7) is 3.53. The minimum absolute atomic E-state index is 0.0671. The summed E-state index contributed by atoms with van der Waals surface area (Å²) < 4.78 is 42.9. The third-order valence-electron chi connectivity index (χ3n) is 7.24. The standard InChI is InChI=1S/C26H33F2N9O2/c27-23-21(1-2-22(24(23)28)39-10-4-16-3-7-32-12-16)37(31)26(35-30)20-11-17(13-33-25(20)29)18-14-34-36(15-18)19-5-8-38-9-6-19/h1-2,11,13-16,19,32H,3-10,12,30-31H2,(H2,29,33)/b35-26-. The third kappa shape index (κ3) is 5.79. The van der Waals surface area contributed by atoms with Crippen LogP contribution in [-0.2, 0) is 4.74 Å². The Morgan fingerprint density at radius 3 is 2.74 bits per heavy atom. The first-order valence-corrected chi connectivity index (χ1v) is 13.0. The average molecular weight is 542 g/mol. The first-order chi connectivity index (χ1) is 19.0. The molecule has 0 amide bonds. The van der Waals surface area contributed by atoms with Gasteiger partial charge in [0, 0.05) is 36.7 Å². The molecule has 5 rings (SSSR count). The molecule has 2 aliphatic heterocycles. The van der Waals surface area contributed by atoms with Gasteiger partial charge in [0.2, 0.25) is 5.82 Å². The number of hydrazone groups is 1. The largest absolute Gasteiger partial charge is 0.490 e. The van der Waals surface area contributed by atoms with Crippen LogP contribution in [0.4, 0.5) is 20.3 Å². The summed E-state index contributed by atoms with van der Waals surface area (Å²) in [5.41, 5.74) is 7.56. The Balaban J connectivity index is 1.34. The lowest BCUT2D eigenvalue weighted by Gasteiger charge is -2.22. The Morgan fingerprint density at radius 1 is 1.18 bits per heavy atom. The Kier molecular flexibility index (Phi) is 8.19. The van der Waals surface area contributed by atoms with Crippen LogP contribution in [-0.4, -0.2) is 53.5 Å². The van der Waals surface area contributed by atoms with Crippen LogP contribution in [0.1, 0.15) is 37.3 Å². The van der Waals surface area contributed by atoms with Gasteiger partial charge in [0.15, 0.2) is 17.4 Å². The van der Waals surface area contributed by atoms with E-state index in [0.29, 0.717) is 24.7 Å². The molecule has 0 saturated carbocycles. The zero-order valence-corrected chi connectivity index (χ0v) is 21.5. The average Bonchev–Trinajstić information content (AvgIpc) is 3.66. The van der Waals surface area contributed by atoms with Gasteiger partial charge in [0.05, 0.1) is 30.1 Å². The molecule has 11 nitrogen and oxygen atoms in total. The fourth-order valence-electron chi connectivity index (χ4n) is 4.94. The first kappa shape index (κ1) is 26.8. The molecule has 1 atom stereocenters. The molecule has 208 valence electrons. The molecule has 0 aliphatic carbocycles. The van der Waals surface area contributed by atoms with E-state index in [1.807, 2.05) is 10.9 Å². The lowest BCUT2D eigenvalue weighted by molar-refractivity contribution is 0.0662. The Morgan fingerprint density at radius 2 is 2.00 bits per heavy atom. The topological polar surface area (TPSA) is 155 Å². The quantitative estimate of drug-likeness (QED) is 0.146. The van der Waals surface area contributed by atoms with Crippen LogP contribution in [0.5, 0.6) is 5.75 Å². The van der Waals surface area contributed by atoms with E-state index in [9.17, 15) is 4.39 Å². The molecule has 0 radical (unpaired) electrons. The molecule has 7 N–H and O–H groups in total. The lowest BCUT2D eigenvalue weighted by atomic mass is 10.1. The Bertz CT molecular complexity index is 1320. The number of nitrogens with one attached hydrogen (secondary N) is 1. The fourth-order valence-corrected chi connectivity index (χ4v) is 4.94. The second-order valence-electron chi connectivity index (χ2n) is 9.74. The number of anilines is 2. The van der Waals surface area contributed by atoms with Gasteiger partial charge in [0.25, 0.3) is 0 Å². The molecule has 1 aromatic carbocycles. The fraction of sp³-hybridized carbons (Fsp3) is 0.423. The highest BCUT2D eigenvalue weighted by Gasteiger charge is 2.24. The summed E-state index contributed by atoms with van der Waals surface area (Å²) >= 11 is 0.